The molecule has 2 atom stereocenters. The van der Waals surface area contributed by atoms with Crippen LogP contribution in [0, 0.1) is 11.7 Å². The van der Waals surface area contributed by atoms with Crippen molar-refractivity contribution in [2.75, 3.05) is 11.5 Å². The summed E-state index contributed by atoms with van der Waals surface area (Å²) in [5, 5.41) is 9.90. The van der Waals surface area contributed by atoms with Crippen LogP contribution in [0.25, 0.3) is 0 Å². The Kier molecular flexibility index (Phi) is 4.02. The molecule has 1 aliphatic heterocycles. The van der Waals surface area contributed by atoms with E-state index in [2.05, 4.69) is 0 Å². The van der Waals surface area contributed by atoms with Crippen LogP contribution in [-0.2, 0) is 16.3 Å². The lowest BCUT2D eigenvalue weighted by molar-refractivity contribution is 0.146. The number of benzene rings is 1. The maximum atomic E-state index is 13.4. The van der Waals surface area contributed by atoms with Crippen molar-refractivity contribution in [1.29, 1.82) is 0 Å². The first-order valence-electron chi connectivity index (χ1n) is 6.08. The van der Waals surface area contributed by atoms with E-state index in [1.54, 1.807) is 18.2 Å². The predicted octanol–water partition coefficient (Wildman–Crippen LogP) is 1.55. The van der Waals surface area contributed by atoms with E-state index in [9.17, 15) is 17.9 Å². The zero-order valence-corrected chi connectivity index (χ0v) is 10.9. The lowest BCUT2D eigenvalue weighted by Gasteiger charge is -2.14. The molecule has 5 heteroatoms. The Labute approximate surface area is 107 Å². The Morgan fingerprint density at radius 1 is 1.39 bits per heavy atom. The van der Waals surface area contributed by atoms with Crippen molar-refractivity contribution < 1.29 is 17.9 Å². The molecule has 0 aliphatic carbocycles. The minimum Gasteiger partial charge on any atom is -0.393 e. The Morgan fingerprint density at radius 2 is 2.11 bits per heavy atom. The standard InChI is InChI=1S/C13H17FO3S/c14-13-4-2-1-3-11(13)8-12(15)7-10-5-6-18(16,17)9-10/h1-4,10,12,15H,5-9H2. The summed E-state index contributed by atoms with van der Waals surface area (Å²) >= 11 is 0. The van der Waals surface area contributed by atoms with Gasteiger partial charge in [-0.2, -0.15) is 0 Å². The highest BCUT2D eigenvalue weighted by atomic mass is 32.2. The molecule has 1 aromatic rings. The first-order chi connectivity index (χ1) is 8.46. The molecule has 1 N–H and O–H groups in total. The largest absolute Gasteiger partial charge is 0.393 e. The van der Waals surface area contributed by atoms with Gasteiger partial charge in [-0.25, -0.2) is 12.8 Å². The Morgan fingerprint density at radius 3 is 2.72 bits per heavy atom. The number of halogens is 1. The molecule has 18 heavy (non-hydrogen) atoms. The van der Waals surface area contributed by atoms with Gasteiger partial charge in [0.05, 0.1) is 17.6 Å². The van der Waals surface area contributed by atoms with Gasteiger partial charge in [-0.15, -0.1) is 0 Å². The van der Waals surface area contributed by atoms with E-state index >= 15 is 0 Å². The molecule has 0 saturated carbocycles. The van der Waals surface area contributed by atoms with Crippen molar-refractivity contribution in [3.05, 3.63) is 35.6 Å². The first-order valence-corrected chi connectivity index (χ1v) is 7.90. The maximum Gasteiger partial charge on any atom is 0.150 e. The zero-order valence-electron chi connectivity index (χ0n) is 10.0. The molecule has 100 valence electrons. The van der Waals surface area contributed by atoms with Crippen molar-refractivity contribution in [2.45, 2.75) is 25.4 Å². The molecule has 1 aliphatic rings. The van der Waals surface area contributed by atoms with Gasteiger partial charge in [0.2, 0.25) is 0 Å². The van der Waals surface area contributed by atoms with Crippen molar-refractivity contribution in [3.8, 4) is 0 Å². The lowest BCUT2D eigenvalue weighted by Crippen LogP contribution is -2.17. The van der Waals surface area contributed by atoms with Crippen LogP contribution >= 0.6 is 0 Å². The monoisotopic (exact) mass is 272 g/mol. The minimum atomic E-state index is -2.91. The fourth-order valence-electron chi connectivity index (χ4n) is 2.44. The minimum absolute atomic E-state index is 0.0109. The van der Waals surface area contributed by atoms with E-state index in [0.29, 0.717) is 18.4 Å². The second-order valence-corrected chi connectivity index (χ2v) is 7.18. The number of sulfone groups is 1. The quantitative estimate of drug-likeness (QED) is 0.905. The van der Waals surface area contributed by atoms with Gasteiger partial charge in [0.15, 0.2) is 9.84 Å². The normalized spacial score (nSPS) is 24.0. The number of aliphatic hydroxyl groups excluding tert-OH is 1. The fraction of sp³-hybridized carbons (Fsp3) is 0.538. The van der Waals surface area contributed by atoms with Crippen LogP contribution in [0.1, 0.15) is 18.4 Å². The summed E-state index contributed by atoms with van der Waals surface area (Å²) in [5.74, 6) is 0.0539. The highest BCUT2D eigenvalue weighted by molar-refractivity contribution is 7.91. The third-order valence-electron chi connectivity index (χ3n) is 3.35. The second-order valence-electron chi connectivity index (χ2n) is 4.95. The van der Waals surface area contributed by atoms with Crippen molar-refractivity contribution in [1.82, 2.24) is 0 Å². The molecule has 0 bridgehead atoms. The van der Waals surface area contributed by atoms with Crippen LogP contribution in [0.4, 0.5) is 4.39 Å². The van der Waals surface area contributed by atoms with Crippen molar-refractivity contribution in [2.24, 2.45) is 5.92 Å². The van der Waals surface area contributed by atoms with E-state index < -0.39 is 15.9 Å². The summed E-state index contributed by atoms with van der Waals surface area (Å²) in [6, 6.07) is 6.34. The summed E-state index contributed by atoms with van der Waals surface area (Å²) in [4.78, 5) is 0. The molecular weight excluding hydrogens is 255 g/mol. The summed E-state index contributed by atoms with van der Waals surface area (Å²) in [6.07, 6.45) is 0.591. The average molecular weight is 272 g/mol. The smallest absolute Gasteiger partial charge is 0.150 e. The van der Waals surface area contributed by atoms with E-state index in [0.717, 1.165) is 0 Å². The molecule has 1 fully saturated rings. The number of aliphatic hydroxyl groups is 1. The fourth-order valence-corrected chi connectivity index (χ4v) is 4.32. The molecule has 2 unspecified atom stereocenters. The molecule has 1 heterocycles. The van der Waals surface area contributed by atoms with Gasteiger partial charge < -0.3 is 5.11 Å². The number of hydrogen-bond acceptors (Lipinski definition) is 3. The van der Waals surface area contributed by atoms with E-state index in [1.165, 1.54) is 6.07 Å². The molecule has 1 saturated heterocycles. The highest BCUT2D eigenvalue weighted by Gasteiger charge is 2.29. The van der Waals surface area contributed by atoms with Gasteiger partial charge in [-0.1, -0.05) is 18.2 Å². The van der Waals surface area contributed by atoms with Gasteiger partial charge in [-0.3, -0.25) is 0 Å². The van der Waals surface area contributed by atoms with Crippen LogP contribution in [-0.4, -0.2) is 31.1 Å². The summed E-state index contributed by atoms with van der Waals surface area (Å²) in [6.45, 7) is 0. The van der Waals surface area contributed by atoms with E-state index in [-0.39, 0.29) is 29.7 Å². The highest BCUT2D eigenvalue weighted by Crippen LogP contribution is 2.24. The average Bonchev–Trinajstić information content (AvgIpc) is 2.61. The SMILES string of the molecule is O=S1(=O)CCC(CC(O)Cc2ccccc2F)C1. The van der Waals surface area contributed by atoms with Gasteiger partial charge in [0.1, 0.15) is 5.82 Å². The van der Waals surface area contributed by atoms with Gasteiger partial charge in [0, 0.05) is 6.42 Å². The molecule has 3 nitrogen and oxygen atoms in total. The maximum absolute atomic E-state index is 13.4. The van der Waals surface area contributed by atoms with E-state index in [4.69, 9.17) is 0 Å². The van der Waals surface area contributed by atoms with Crippen LogP contribution in [0.5, 0.6) is 0 Å². The molecular formula is C13H17FO3S. The van der Waals surface area contributed by atoms with Gasteiger partial charge >= 0.3 is 0 Å². The van der Waals surface area contributed by atoms with Crippen LogP contribution in [0.15, 0.2) is 24.3 Å². The molecule has 2 rings (SSSR count). The number of rotatable bonds is 4. The molecule has 0 amide bonds. The van der Waals surface area contributed by atoms with Gasteiger partial charge in [0.25, 0.3) is 0 Å². The predicted molar refractivity (Wildman–Crippen MR) is 67.5 cm³/mol. The van der Waals surface area contributed by atoms with Gasteiger partial charge in [-0.05, 0) is 30.4 Å². The van der Waals surface area contributed by atoms with Crippen LogP contribution < -0.4 is 0 Å². The Balaban J connectivity index is 1.90. The van der Waals surface area contributed by atoms with Crippen LogP contribution in [0.2, 0.25) is 0 Å². The Bertz CT molecular complexity index is 513. The summed E-state index contributed by atoms with van der Waals surface area (Å²) in [7, 11) is -2.91. The van der Waals surface area contributed by atoms with Crippen molar-refractivity contribution >= 4 is 9.84 Å². The topological polar surface area (TPSA) is 54.4 Å². The van der Waals surface area contributed by atoms with Crippen molar-refractivity contribution in [3.63, 3.8) is 0 Å². The molecule has 0 radical (unpaired) electrons. The lowest BCUT2D eigenvalue weighted by atomic mass is 9.96. The molecule has 0 spiro atoms. The number of hydrogen-bond donors (Lipinski definition) is 1. The third-order valence-corrected chi connectivity index (χ3v) is 5.18. The Hall–Kier alpha value is -0.940. The molecule has 0 aromatic heterocycles. The molecule has 1 aromatic carbocycles. The summed E-state index contributed by atoms with van der Waals surface area (Å²) < 4.78 is 36.0. The zero-order chi connectivity index (χ0) is 13.2. The first kappa shape index (κ1) is 13.5. The van der Waals surface area contributed by atoms with E-state index in [1.807, 2.05) is 0 Å². The second kappa shape index (κ2) is 5.36. The van der Waals surface area contributed by atoms with Crippen LogP contribution in [0.3, 0.4) is 0 Å². The summed E-state index contributed by atoms with van der Waals surface area (Å²) in [5.41, 5.74) is 0.478. The third kappa shape index (κ3) is 3.53.